The lowest BCUT2D eigenvalue weighted by Crippen LogP contribution is -2.41. The quantitative estimate of drug-likeness (QED) is 0.794. The summed E-state index contributed by atoms with van der Waals surface area (Å²) in [7, 11) is 0. The molecule has 0 heterocycles. The summed E-state index contributed by atoms with van der Waals surface area (Å²) in [5.41, 5.74) is 6.92. The summed E-state index contributed by atoms with van der Waals surface area (Å²) in [6.07, 6.45) is 6.04. The number of amides is 1. The van der Waals surface area contributed by atoms with Gasteiger partial charge in [0.05, 0.1) is 4.99 Å². The Hall–Kier alpha value is -1.42. The van der Waals surface area contributed by atoms with Crippen LogP contribution in [-0.4, -0.2) is 17.4 Å². The lowest BCUT2D eigenvalue weighted by molar-refractivity contribution is -0.121. The number of rotatable bonds is 6. The average molecular weight is 304 g/mol. The van der Waals surface area contributed by atoms with E-state index in [4.69, 9.17) is 18.0 Å². The van der Waals surface area contributed by atoms with Gasteiger partial charge in [-0.05, 0) is 30.2 Å². The molecule has 0 bridgehead atoms. The van der Waals surface area contributed by atoms with E-state index in [0.717, 1.165) is 18.5 Å². The normalized spacial score (nSPS) is 18.1. The first-order valence-electron chi connectivity index (χ1n) is 7.70. The fourth-order valence-corrected chi connectivity index (χ4v) is 3.49. The van der Waals surface area contributed by atoms with Crippen molar-refractivity contribution < 1.29 is 4.79 Å². The van der Waals surface area contributed by atoms with Crippen LogP contribution in [0.25, 0.3) is 0 Å². The first-order valence-corrected chi connectivity index (χ1v) is 8.11. The molecule has 1 atom stereocenters. The Morgan fingerprint density at radius 1 is 1.33 bits per heavy atom. The number of carbonyl (C=O) groups excluding carboxylic acids is 1. The number of hydrogen-bond donors (Lipinski definition) is 2. The first kappa shape index (κ1) is 16.0. The van der Waals surface area contributed by atoms with Gasteiger partial charge in [-0.3, -0.25) is 4.79 Å². The van der Waals surface area contributed by atoms with Crippen molar-refractivity contribution in [3.05, 3.63) is 35.9 Å². The molecule has 1 fully saturated rings. The molecule has 21 heavy (non-hydrogen) atoms. The van der Waals surface area contributed by atoms with Crippen LogP contribution in [0, 0.1) is 5.41 Å². The fourth-order valence-electron chi connectivity index (χ4n) is 3.25. The van der Waals surface area contributed by atoms with Crippen molar-refractivity contribution in [3.63, 3.8) is 0 Å². The van der Waals surface area contributed by atoms with Gasteiger partial charge in [0, 0.05) is 6.54 Å². The van der Waals surface area contributed by atoms with Crippen molar-refractivity contribution in [3.8, 4) is 0 Å². The molecule has 1 aliphatic carbocycles. The summed E-state index contributed by atoms with van der Waals surface area (Å²) in [6, 6.07) is 9.52. The van der Waals surface area contributed by atoms with E-state index in [0.29, 0.717) is 0 Å². The van der Waals surface area contributed by atoms with E-state index in [1.54, 1.807) is 0 Å². The molecular weight excluding hydrogens is 280 g/mol. The smallest absolute Gasteiger partial charge is 0.234 e. The van der Waals surface area contributed by atoms with Crippen molar-refractivity contribution in [1.29, 1.82) is 0 Å². The zero-order chi connectivity index (χ0) is 15.3. The summed E-state index contributed by atoms with van der Waals surface area (Å²) in [5, 5.41) is 3.09. The van der Waals surface area contributed by atoms with Crippen molar-refractivity contribution in [2.45, 2.75) is 44.9 Å². The van der Waals surface area contributed by atoms with Crippen LogP contribution in [0.5, 0.6) is 0 Å². The standard InChI is InChI=1S/C17H24N2OS/c1-2-17(10-6-7-11-17)12-19-16(20)14(15(18)21)13-8-4-3-5-9-13/h3-5,8-9,14H,2,6-7,10-12H2,1H3,(H2,18,21)(H,19,20). The molecule has 3 N–H and O–H groups in total. The highest BCUT2D eigenvalue weighted by Gasteiger charge is 2.33. The summed E-state index contributed by atoms with van der Waals surface area (Å²) >= 11 is 5.10. The first-order chi connectivity index (χ1) is 10.1. The van der Waals surface area contributed by atoms with Crippen LogP contribution < -0.4 is 11.1 Å². The van der Waals surface area contributed by atoms with Crippen LogP contribution in [0.1, 0.15) is 50.5 Å². The van der Waals surface area contributed by atoms with E-state index in [9.17, 15) is 4.79 Å². The van der Waals surface area contributed by atoms with Crippen LogP contribution in [0.2, 0.25) is 0 Å². The Bertz CT molecular complexity index is 495. The highest BCUT2D eigenvalue weighted by Crippen LogP contribution is 2.40. The molecule has 1 aromatic carbocycles. The van der Waals surface area contributed by atoms with Gasteiger partial charge in [0.25, 0.3) is 0 Å². The average Bonchev–Trinajstić information content (AvgIpc) is 2.95. The molecule has 1 saturated carbocycles. The molecule has 4 heteroatoms. The predicted octanol–water partition coefficient (Wildman–Crippen LogP) is 3.14. The maximum Gasteiger partial charge on any atom is 0.234 e. The summed E-state index contributed by atoms with van der Waals surface area (Å²) in [6.45, 7) is 2.94. The fraction of sp³-hybridized carbons (Fsp3) is 0.529. The van der Waals surface area contributed by atoms with Gasteiger partial charge in [-0.1, -0.05) is 62.3 Å². The van der Waals surface area contributed by atoms with Gasteiger partial charge in [0.1, 0.15) is 5.92 Å². The second-order valence-corrected chi connectivity index (χ2v) is 6.50. The van der Waals surface area contributed by atoms with Crippen molar-refractivity contribution in [2.24, 2.45) is 11.1 Å². The van der Waals surface area contributed by atoms with Crippen LogP contribution in [0.3, 0.4) is 0 Å². The molecule has 0 radical (unpaired) electrons. The second-order valence-electron chi connectivity index (χ2n) is 6.02. The van der Waals surface area contributed by atoms with Gasteiger partial charge in [0.15, 0.2) is 0 Å². The maximum atomic E-state index is 12.5. The van der Waals surface area contributed by atoms with Crippen LogP contribution in [0.4, 0.5) is 0 Å². The third-order valence-electron chi connectivity index (χ3n) is 4.73. The van der Waals surface area contributed by atoms with Crippen LogP contribution >= 0.6 is 12.2 Å². The summed E-state index contributed by atoms with van der Waals surface area (Å²) in [4.78, 5) is 12.8. The lowest BCUT2D eigenvalue weighted by atomic mass is 9.83. The molecule has 3 nitrogen and oxygen atoms in total. The molecule has 0 aliphatic heterocycles. The number of benzene rings is 1. The van der Waals surface area contributed by atoms with E-state index in [-0.39, 0.29) is 16.3 Å². The molecule has 1 aliphatic rings. The largest absolute Gasteiger partial charge is 0.392 e. The highest BCUT2D eigenvalue weighted by molar-refractivity contribution is 7.80. The molecular formula is C17H24N2OS. The Morgan fingerprint density at radius 3 is 2.48 bits per heavy atom. The zero-order valence-corrected chi connectivity index (χ0v) is 13.4. The minimum absolute atomic E-state index is 0.0755. The van der Waals surface area contributed by atoms with Gasteiger partial charge < -0.3 is 11.1 Å². The summed E-state index contributed by atoms with van der Waals surface area (Å²) < 4.78 is 0. The number of hydrogen-bond acceptors (Lipinski definition) is 2. The van der Waals surface area contributed by atoms with E-state index in [2.05, 4.69) is 12.2 Å². The minimum atomic E-state index is -0.531. The van der Waals surface area contributed by atoms with E-state index < -0.39 is 5.92 Å². The maximum absolute atomic E-state index is 12.5. The predicted molar refractivity (Wildman–Crippen MR) is 90.2 cm³/mol. The third kappa shape index (κ3) is 3.82. The van der Waals surface area contributed by atoms with Gasteiger partial charge in [-0.25, -0.2) is 0 Å². The molecule has 0 saturated heterocycles. The molecule has 2 rings (SSSR count). The molecule has 1 aromatic rings. The summed E-state index contributed by atoms with van der Waals surface area (Å²) in [5.74, 6) is -0.607. The van der Waals surface area contributed by atoms with Gasteiger partial charge in [-0.15, -0.1) is 0 Å². The third-order valence-corrected chi connectivity index (χ3v) is 4.97. The van der Waals surface area contributed by atoms with Crippen molar-refractivity contribution in [2.75, 3.05) is 6.54 Å². The highest BCUT2D eigenvalue weighted by atomic mass is 32.1. The molecule has 114 valence electrons. The van der Waals surface area contributed by atoms with Crippen molar-refractivity contribution >= 4 is 23.1 Å². The van der Waals surface area contributed by atoms with E-state index in [1.807, 2.05) is 30.3 Å². The molecule has 0 aromatic heterocycles. The van der Waals surface area contributed by atoms with Crippen LogP contribution in [0.15, 0.2) is 30.3 Å². The molecule has 1 amide bonds. The van der Waals surface area contributed by atoms with Gasteiger partial charge in [0.2, 0.25) is 5.91 Å². The number of nitrogens with one attached hydrogen (secondary N) is 1. The Kier molecular flexibility index (Phi) is 5.34. The van der Waals surface area contributed by atoms with Gasteiger partial charge >= 0.3 is 0 Å². The number of carbonyl (C=O) groups is 1. The second kappa shape index (κ2) is 7.03. The van der Waals surface area contributed by atoms with E-state index in [1.165, 1.54) is 25.7 Å². The van der Waals surface area contributed by atoms with Crippen molar-refractivity contribution in [1.82, 2.24) is 5.32 Å². The Balaban J connectivity index is 2.04. The SMILES string of the molecule is CCC1(CNC(=O)C(C(N)=S)c2ccccc2)CCCC1. The Morgan fingerprint density at radius 2 is 1.95 bits per heavy atom. The molecule has 1 unspecified atom stereocenters. The van der Waals surface area contributed by atoms with E-state index >= 15 is 0 Å². The number of nitrogens with two attached hydrogens (primary N) is 1. The molecule has 0 spiro atoms. The number of thiocarbonyl (C=S) groups is 1. The minimum Gasteiger partial charge on any atom is -0.392 e. The Labute approximate surface area is 132 Å². The van der Waals surface area contributed by atoms with Crippen LogP contribution in [-0.2, 0) is 4.79 Å². The monoisotopic (exact) mass is 304 g/mol. The zero-order valence-electron chi connectivity index (χ0n) is 12.6. The topological polar surface area (TPSA) is 55.1 Å². The lowest BCUT2D eigenvalue weighted by Gasteiger charge is -2.28. The van der Waals surface area contributed by atoms with Gasteiger partial charge in [-0.2, -0.15) is 0 Å².